The van der Waals surface area contributed by atoms with Gasteiger partial charge in [-0.15, -0.1) is 11.3 Å². The first kappa shape index (κ1) is 16.8. The average molecular weight is 358 g/mol. The lowest BCUT2D eigenvalue weighted by molar-refractivity contribution is -0.384. The molecule has 0 aliphatic carbocycles. The van der Waals surface area contributed by atoms with Crippen molar-refractivity contribution in [2.45, 2.75) is 6.54 Å². The highest BCUT2D eigenvalue weighted by atomic mass is 32.1. The Morgan fingerprint density at radius 3 is 2.84 bits per heavy atom. The first-order chi connectivity index (χ1) is 12.0. The normalized spacial score (nSPS) is 10.6. The third kappa shape index (κ3) is 3.41. The maximum atomic E-state index is 11.6. The number of carbonyl (C=O) groups excluding carboxylic acids is 1. The summed E-state index contributed by atoms with van der Waals surface area (Å²) in [5.41, 5.74) is 0.664. The molecule has 0 atom stereocenters. The van der Waals surface area contributed by atoms with Crippen molar-refractivity contribution < 1.29 is 14.5 Å². The second kappa shape index (κ2) is 6.81. The minimum Gasteiger partial charge on any atom is -0.465 e. The highest BCUT2D eigenvalue weighted by Gasteiger charge is 2.23. The molecule has 2 heterocycles. The predicted molar refractivity (Wildman–Crippen MR) is 94.0 cm³/mol. The van der Waals surface area contributed by atoms with Gasteiger partial charge in [0.1, 0.15) is 5.01 Å². The number of nitro groups is 1. The largest absolute Gasteiger partial charge is 0.465 e. The number of rotatable bonds is 5. The van der Waals surface area contributed by atoms with Crippen LogP contribution in [0.4, 0.5) is 11.5 Å². The standard InChI is InChI=1S/C16H14N4O4S/c1-19(9-14-18-11-5-3-4-6-13(11)25-14)15-12(20(22)23)7-10(8-17-15)16(21)24-2/h3-8H,9H2,1-2H3. The number of aromatic nitrogens is 2. The fourth-order valence-electron chi connectivity index (χ4n) is 2.37. The zero-order chi connectivity index (χ0) is 18.0. The topological polar surface area (TPSA) is 98.5 Å². The Balaban J connectivity index is 1.91. The Kier molecular flexibility index (Phi) is 4.57. The van der Waals surface area contributed by atoms with E-state index in [9.17, 15) is 14.9 Å². The molecular formula is C16H14N4O4S. The molecule has 9 heteroatoms. The van der Waals surface area contributed by atoms with Crippen molar-refractivity contribution >= 4 is 39.0 Å². The van der Waals surface area contributed by atoms with Crippen molar-refractivity contribution in [3.63, 3.8) is 0 Å². The molecule has 3 rings (SSSR count). The lowest BCUT2D eigenvalue weighted by atomic mass is 10.2. The molecule has 1 aromatic carbocycles. The van der Waals surface area contributed by atoms with E-state index in [0.717, 1.165) is 15.2 Å². The Morgan fingerprint density at radius 2 is 2.16 bits per heavy atom. The van der Waals surface area contributed by atoms with Crippen molar-refractivity contribution in [2.24, 2.45) is 0 Å². The molecule has 8 nitrogen and oxygen atoms in total. The van der Waals surface area contributed by atoms with Crippen molar-refractivity contribution in [3.8, 4) is 0 Å². The number of carbonyl (C=O) groups is 1. The highest BCUT2D eigenvalue weighted by Crippen LogP contribution is 2.29. The van der Waals surface area contributed by atoms with Crippen molar-refractivity contribution in [2.75, 3.05) is 19.1 Å². The number of anilines is 1. The van der Waals surface area contributed by atoms with Gasteiger partial charge in [-0.1, -0.05) is 12.1 Å². The second-order valence-electron chi connectivity index (χ2n) is 5.25. The number of thiazole rings is 1. The molecule has 2 aromatic heterocycles. The number of para-hydroxylation sites is 1. The van der Waals surface area contributed by atoms with Gasteiger partial charge in [-0.3, -0.25) is 10.1 Å². The summed E-state index contributed by atoms with van der Waals surface area (Å²) in [5.74, 6) is -0.507. The molecule has 0 saturated heterocycles. The molecule has 0 aliphatic rings. The fourth-order valence-corrected chi connectivity index (χ4v) is 3.39. The molecule has 0 bridgehead atoms. The molecule has 0 fully saturated rings. The Labute approximate surface area is 146 Å². The molecule has 0 radical (unpaired) electrons. The summed E-state index contributed by atoms with van der Waals surface area (Å²) in [6.07, 6.45) is 1.27. The van der Waals surface area contributed by atoms with E-state index in [1.54, 1.807) is 11.9 Å². The number of hydrogen-bond acceptors (Lipinski definition) is 8. The number of esters is 1. The maximum Gasteiger partial charge on any atom is 0.339 e. The third-order valence-electron chi connectivity index (χ3n) is 3.54. The van der Waals surface area contributed by atoms with Crippen molar-refractivity contribution in [1.29, 1.82) is 0 Å². The lowest BCUT2D eigenvalue weighted by Gasteiger charge is -2.16. The van der Waals surface area contributed by atoms with E-state index in [-0.39, 0.29) is 17.1 Å². The van der Waals surface area contributed by atoms with Gasteiger partial charge in [0.25, 0.3) is 0 Å². The summed E-state index contributed by atoms with van der Waals surface area (Å²) in [6.45, 7) is 0.366. The molecule has 0 amide bonds. The van der Waals surface area contributed by atoms with Gasteiger partial charge in [-0.05, 0) is 12.1 Å². The molecule has 0 N–H and O–H groups in total. The van der Waals surface area contributed by atoms with Gasteiger partial charge < -0.3 is 9.64 Å². The van der Waals surface area contributed by atoms with Crippen molar-refractivity contribution in [3.05, 3.63) is 57.2 Å². The Bertz CT molecular complexity index is 923. The van der Waals surface area contributed by atoms with E-state index in [0.29, 0.717) is 6.54 Å². The van der Waals surface area contributed by atoms with Crippen LogP contribution in [0.1, 0.15) is 15.4 Å². The van der Waals surface area contributed by atoms with E-state index >= 15 is 0 Å². The number of fused-ring (bicyclic) bond motifs is 1. The number of hydrogen-bond donors (Lipinski definition) is 0. The van der Waals surface area contributed by atoms with Crippen molar-refractivity contribution in [1.82, 2.24) is 9.97 Å². The van der Waals surface area contributed by atoms with Crippen LogP contribution in [0.3, 0.4) is 0 Å². The van der Waals surface area contributed by atoms with Gasteiger partial charge >= 0.3 is 11.7 Å². The summed E-state index contributed by atoms with van der Waals surface area (Å²) >= 11 is 1.52. The van der Waals surface area contributed by atoms with Crippen LogP contribution < -0.4 is 4.90 Å². The zero-order valence-electron chi connectivity index (χ0n) is 13.5. The minimum atomic E-state index is -0.670. The number of nitrogens with zero attached hydrogens (tertiary/aromatic N) is 4. The summed E-state index contributed by atoms with van der Waals surface area (Å²) in [7, 11) is 2.90. The predicted octanol–water partition coefficient (Wildman–Crippen LogP) is 3.02. The molecule has 25 heavy (non-hydrogen) atoms. The molecule has 0 unspecified atom stereocenters. The van der Waals surface area contributed by atoms with Crippen LogP contribution in [0.5, 0.6) is 0 Å². The van der Waals surface area contributed by atoms with E-state index in [1.807, 2.05) is 24.3 Å². The average Bonchev–Trinajstić information content (AvgIpc) is 3.02. The number of benzene rings is 1. The minimum absolute atomic E-state index is 0.0336. The van der Waals surface area contributed by atoms with Crippen LogP contribution in [-0.2, 0) is 11.3 Å². The summed E-state index contributed by atoms with van der Waals surface area (Å²) in [5, 5.41) is 12.2. The summed E-state index contributed by atoms with van der Waals surface area (Å²) in [4.78, 5) is 32.6. The van der Waals surface area contributed by atoms with Crippen LogP contribution in [0, 0.1) is 10.1 Å². The number of pyridine rings is 1. The van der Waals surface area contributed by atoms with Gasteiger partial charge in [0, 0.05) is 19.3 Å². The fraction of sp³-hybridized carbons (Fsp3) is 0.188. The molecular weight excluding hydrogens is 344 g/mol. The zero-order valence-corrected chi connectivity index (χ0v) is 14.3. The second-order valence-corrected chi connectivity index (χ2v) is 6.36. The summed E-state index contributed by atoms with van der Waals surface area (Å²) in [6, 6.07) is 8.91. The van der Waals surface area contributed by atoms with Crippen LogP contribution in [0.2, 0.25) is 0 Å². The van der Waals surface area contributed by atoms with Gasteiger partial charge in [-0.2, -0.15) is 0 Å². The van der Waals surface area contributed by atoms with E-state index < -0.39 is 10.9 Å². The van der Waals surface area contributed by atoms with E-state index in [2.05, 4.69) is 14.7 Å². The highest BCUT2D eigenvalue weighted by molar-refractivity contribution is 7.18. The van der Waals surface area contributed by atoms with Gasteiger partial charge in [0.15, 0.2) is 0 Å². The maximum absolute atomic E-state index is 11.6. The van der Waals surface area contributed by atoms with Crippen LogP contribution in [0.15, 0.2) is 36.5 Å². The Morgan fingerprint density at radius 1 is 1.40 bits per heavy atom. The van der Waals surface area contributed by atoms with Gasteiger partial charge in [0.05, 0.1) is 34.4 Å². The number of methoxy groups -OCH3 is 1. The smallest absolute Gasteiger partial charge is 0.339 e. The molecule has 0 aliphatic heterocycles. The molecule has 0 spiro atoms. The molecule has 128 valence electrons. The monoisotopic (exact) mass is 358 g/mol. The quantitative estimate of drug-likeness (QED) is 0.393. The first-order valence-corrected chi connectivity index (χ1v) is 8.09. The first-order valence-electron chi connectivity index (χ1n) is 7.28. The third-order valence-corrected chi connectivity index (χ3v) is 4.56. The van der Waals surface area contributed by atoms with Gasteiger partial charge in [0.2, 0.25) is 5.82 Å². The van der Waals surface area contributed by atoms with Crippen LogP contribution >= 0.6 is 11.3 Å². The lowest BCUT2D eigenvalue weighted by Crippen LogP contribution is -2.19. The van der Waals surface area contributed by atoms with Crippen LogP contribution in [-0.4, -0.2) is 35.0 Å². The van der Waals surface area contributed by atoms with Crippen LogP contribution in [0.25, 0.3) is 10.2 Å². The van der Waals surface area contributed by atoms with Gasteiger partial charge in [-0.25, -0.2) is 14.8 Å². The Hall–Kier alpha value is -3.07. The molecule has 3 aromatic rings. The van der Waals surface area contributed by atoms with E-state index in [4.69, 9.17) is 0 Å². The molecule has 0 saturated carbocycles. The van der Waals surface area contributed by atoms with E-state index in [1.165, 1.54) is 30.7 Å². The number of ether oxygens (including phenoxy) is 1. The summed E-state index contributed by atoms with van der Waals surface area (Å²) < 4.78 is 5.63. The SMILES string of the molecule is COC(=O)c1cnc(N(C)Cc2nc3ccccc3s2)c([N+](=O)[O-])c1.